The second-order valence-electron chi connectivity index (χ2n) is 6.10. The molecule has 0 spiro atoms. The molecule has 0 radical (unpaired) electrons. The first kappa shape index (κ1) is 14.4. The van der Waals surface area contributed by atoms with Crippen molar-refractivity contribution in [2.45, 2.75) is 38.4 Å². The molecule has 3 rings (SSSR count). The van der Waals surface area contributed by atoms with Gasteiger partial charge in [0, 0.05) is 18.6 Å². The number of carbonyl (C=O) groups is 1. The summed E-state index contributed by atoms with van der Waals surface area (Å²) >= 11 is 0. The topological polar surface area (TPSA) is 53.6 Å². The minimum atomic E-state index is -0.0863. The van der Waals surface area contributed by atoms with Crippen LogP contribution in [0.5, 0.6) is 5.75 Å². The standard InChI is InChI=1S/C16H23N3O2/c1-11-7-13(5-6-19(11)2)17-9-12-3-4-15-14(8-12)18-16(20)10-21-15/h3-4,8,11,13,17H,5-7,9-10H2,1-2H3,(H,18,20). The van der Waals surface area contributed by atoms with Gasteiger partial charge < -0.3 is 20.3 Å². The van der Waals surface area contributed by atoms with Crippen LogP contribution in [0.15, 0.2) is 18.2 Å². The molecule has 2 N–H and O–H groups in total. The summed E-state index contributed by atoms with van der Waals surface area (Å²) in [6, 6.07) is 7.19. The highest BCUT2D eigenvalue weighted by atomic mass is 16.5. The van der Waals surface area contributed by atoms with E-state index in [0.717, 1.165) is 24.5 Å². The lowest BCUT2D eigenvalue weighted by Gasteiger charge is -2.35. The summed E-state index contributed by atoms with van der Waals surface area (Å²) < 4.78 is 5.37. The number of carbonyl (C=O) groups excluding carboxylic acids is 1. The van der Waals surface area contributed by atoms with Crippen molar-refractivity contribution in [1.82, 2.24) is 10.2 Å². The summed E-state index contributed by atoms with van der Waals surface area (Å²) in [6.45, 7) is 4.36. The number of nitrogens with one attached hydrogen (secondary N) is 2. The molecule has 2 heterocycles. The van der Waals surface area contributed by atoms with Gasteiger partial charge in [0.05, 0.1) is 5.69 Å². The van der Waals surface area contributed by atoms with Gasteiger partial charge in [-0.15, -0.1) is 0 Å². The predicted octanol–water partition coefficient (Wildman–Crippen LogP) is 1.59. The molecule has 0 aromatic heterocycles. The Morgan fingerprint density at radius 2 is 2.33 bits per heavy atom. The van der Waals surface area contributed by atoms with E-state index in [-0.39, 0.29) is 12.5 Å². The smallest absolute Gasteiger partial charge is 0.262 e. The Hall–Kier alpha value is -1.59. The third-order valence-corrected chi connectivity index (χ3v) is 4.48. The first-order chi connectivity index (χ1) is 10.1. The Bertz CT molecular complexity index is 532. The largest absolute Gasteiger partial charge is 0.482 e. The van der Waals surface area contributed by atoms with Gasteiger partial charge in [0.15, 0.2) is 6.61 Å². The van der Waals surface area contributed by atoms with Gasteiger partial charge in [-0.2, -0.15) is 0 Å². The minimum absolute atomic E-state index is 0.0863. The molecule has 1 fully saturated rings. The number of likely N-dealkylation sites (tertiary alicyclic amines) is 1. The van der Waals surface area contributed by atoms with E-state index in [1.807, 2.05) is 12.1 Å². The number of amides is 1. The summed E-state index contributed by atoms with van der Waals surface area (Å²) in [5, 5.41) is 6.48. The number of ether oxygens (including phenoxy) is 1. The maximum atomic E-state index is 11.4. The van der Waals surface area contributed by atoms with E-state index in [2.05, 4.69) is 35.6 Å². The summed E-state index contributed by atoms with van der Waals surface area (Å²) in [5.74, 6) is 0.669. The maximum absolute atomic E-state index is 11.4. The van der Waals surface area contributed by atoms with Crippen LogP contribution in [0.2, 0.25) is 0 Å². The molecule has 21 heavy (non-hydrogen) atoms. The molecule has 1 amide bonds. The van der Waals surface area contributed by atoms with Gasteiger partial charge in [-0.1, -0.05) is 6.07 Å². The molecule has 5 heteroatoms. The van der Waals surface area contributed by atoms with Gasteiger partial charge in [0.25, 0.3) is 5.91 Å². The molecule has 0 aliphatic carbocycles. The van der Waals surface area contributed by atoms with E-state index in [1.165, 1.54) is 18.4 Å². The van der Waals surface area contributed by atoms with E-state index < -0.39 is 0 Å². The van der Waals surface area contributed by atoms with E-state index in [0.29, 0.717) is 12.1 Å². The van der Waals surface area contributed by atoms with Crippen LogP contribution in [0.4, 0.5) is 5.69 Å². The van der Waals surface area contributed by atoms with Crippen LogP contribution in [-0.2, 0) is 11.3 Å². The van der Waals surface area contributed by atoms with Crippen LogP contribution in [-0.4, -0.2) is 43.1 Å². The van der Waals surface area contributed by atoms with Gasteiger partial charge in [-0.25, -0.2) is 0 Å². The van der Waals surface area contributed by atoms with Gasteiger partial charge in [0.1, 0.15) is 5.75 Å². The highest BCUT2D eigenvalue weighted by Crippen LogP contribution is 2.28. The average molecular weight is 289 g/mol. The molecule has 2 aliphatic rings. The van der Waals surface area contributed by atoms with Crippen LogP contribution in [0, 0.1) is 0 Å². The molecule has 0 saturated carbocycles. The zero-order chi connectivity index (χ0) is 14.8. The number of hydrogen-bond donors (Lipinski definition) is 2. The molecule has 1 saturated heterocycles. The quantitative estimate of drug-likeness (QED) is 0.887. The van der Waals surface area contributed by atoms with Crippen LogP contribution in [0.1, 0.15) is 25.3 Å². The van der Waals surface area contributed by atoms with E-state index in [1.54, 1.807) is 0 Å². The Labute approximate surface area is 125 Å². The van der Waals surface area contributed by atoms with E-state index in [4.69, 9.17) is 4.74 Å². The number of hydrogen-bond acceptors (Lipinski definition) is 4. The fourth-order valence-electron chi connectivity index (χ4n) is 2.98. The van der Waals surface area contributed by atoms with Crippen molar-refractivity contribution in [3.05, 3.63) is 23.8 Å². The Morgan fingerprint density at radius 3 is 3.14 bits per heavy atom. The zero-order valence-electron chi connectivity index (χ0n) is 12.7. The van der Waals surface area contributed by atoms with Gasteiger partial charge in [-0.3, -0.25) is 4.79 Å². The fraction of sp³-hybridized carbons (Fsp3) is 0.562. The summed E-state index contributed by atoms with van der Waals surface area (Å²) in [5.41, 5.74) is 1.95. The lowest BCUT2D eigenvalue weighted by molar-refractivity contribution is -0.118. The van der Waals surface area contributed by atoms with Crippen molar-refractivity contribution >= 4 is 11.6 Å². The monoisotopic (exact) mass is 289 g/mol. The number of benzene rings is 1. The van der Waals surface area contributed by atoms with Crippen molar-refractivity contribution < 1.29 is 9.53 Å². The van der Waals surface area contributed by atoms with Crippen LogP contribution in [0.25, 0.3) is 0 Å². The second kappa shape index (κ2) is 6.03. The van der Waals surface area contributed by atoms with E-state index >= 15 is 0 Å². The van der Waals surface area contributed by atoms with Crippen molar-refractivity contribution in [1.29, 1.82) is 0 Å². The second-order valence-corrected chi connectivity index (χ2v) is 6.10. The third-order valence-electron chi connectivity index (χ3n) is 4.48. The first-order valence-corrected chi connectivity index (χ1v) is 7.61. The Balaban J connectivity index is 1.58. The molecule has 2 atom stereocenters. The highest BCUT2D eigenvalue weighted by Gasteiger charge is 2.22. The van der Waals surface area contributed by atoms with Crippen molar-refractivity contribution in [3.8, 4) is 5.75 Å². The molecule has 1 aromatic rings. The third kappa shape index (κ3) is 3.36. The molecular weight excluding hydrogens is 266 g/mol. The lowest BCUT2D eigenvalue weighted by atomic mass is 9.98. The predicted molar refractivity (Wildman–Crippen MR) is 82.5 cm³/mol. The Morgan fingerprint density at radius 1 is 1.48 bits per heavy atom. The number of nitrogens with zero attached hydrogens (tertiary/aromatic N) is 1. The molecule has 0 bridgehead atoms. The molecule has 2 unspecified atom stereocenters. The fourth-order valence-corrected chi connectivity index (χ4v) is 2.98. The van der Waals surface area contributed by atoms with Crippen LogP contribution < -0.4 is 15.4 Å². The number of rotatable bonds is 3. The zero-order valence-corrected chi connectivity index (χ0v) is 12.7. The molecule has 114 valence electrons. The van der Waals surface area contributed by atoms with Gasteiger partial charge in [-0.05, 0) is 51.1 Å². The summed E-state index contributed by atoms with van der Waals surface area (Å²) in [7, 11) is 2.19. The molecule has 5 nitrogen and oxygen atoms in total. The van der Waals surface area contributed by atoms with Gasteiger partial charge >= 0.3 is 0 Å². The summed E-state index contributed by atoms with van der Waals surface area (Å²) in [6.07, 6.45) is 2.37. The molecular formula is C16H23N3O2. The van der Waals surface area contributed by atoms with Crippen molar-refractivity contribution in [2.24, 2.45) is 0 Å². The van der Waals surface area contributed by atoms with Crippen LogP contribution >= 0.6 is 0 Å². The van der Waals surface area contributed by atoms with Crippen molar-refractivity contribution in [2.75, 3.05) is 25.5 Å². The Kier molecular flexibility index (Phi) is 4.12. The normalized spacial score (nSPS) is 25.9. The number of piperidine rings is 1. The maximum Gasteiger partial charge on any atom is 0.262 e. The molecule has 1 aromatic carbocycles. The average Bonchev–Trinajstić information content (AvgIpc) is 2.48. The number of fused-ring (bicyclic) bond motifs is 1. The van der Waals surface area contributed by atoms with Crippen LogP contribution in [0.3, 0.4) is 0 Å². The number of anilines is 1. The summed E-state index contributed by atoms with van der Waals surface area (Å²) in [4.78, 5) is 13.8. The van der Waals surface area contributed by atoms with E-state index in [9.17, 15) is 4.79 Å². The highest BCUT2D eigenvalue weighted by molar-refractivity contribution is 5.95. The van der Waals surface area contributed by atoms with Crippen molar-refractivity contribution in [3.63, 3.8) is 0 Å². The lowest BCUT2D eigenvalue weighted by Crippen LogP contribution is -2.45. The first-order valence-electron chi connectivity index (χ1n) is 7.61. The minimum Gasteiger partial charge on any atom is -0.482 e. The SMILES string of the molecule is CC1CC(NCc2ccc3c(c2)NC(=O)CO3)CCN1C. The van der Waals surface area contributed by atoms with Gasteiger partial charge in [0.2, 0.25) is 0 Å². The molecule has 2 aliphatic heterocycles.